The van der Waals surface area contributed by atoms with Crippen LogP contribution in [0.4, 0.5) is 0 Å². The summed E-state index contributed by atoms with van der Waals surface area (Å²) in [5.41, 5.74) is 0.276. The number of ether oxygens (including phenoxy) is 1. The molecule has 4 nitrogen and oxygen atoms in total. The molecule has 0 saturated carbocycles. The Bertz CT molecular complexity index is 586. The number of nitrogens with zero attached hydrogens (tertiary/aromatic N) is 1. The van der Waals surface area contributed by atoms with Crippen molar-refractivity contribution in [1.82, 2.24) is 4.74 Å². The molecule has 2 aromatic rings. The van der Waals surface area contributed by atoms with Crippen molar-refractivity contribution in [2.45, 2.75) is 6.54 Å². The first-order chi connectivity index (χ1) is 7.26. The van der Waals surface area contributed by atoms with Crippen LogP contribution in [-0.4, -0.2) is 11.8 Å². The van der Waals surface area contributed by atoms with Crippen LogP contribution in [0.3, 0.4) is 0 Å². The van der Waals surface area contributed by atoms with E-state index in [0.717, 1.165) is 4.74 Å². The molecule has 0 atom stereocenters. The van der Waals surface area contributed by atoms with Gasteiger partial charge in [0.1, 0.15) is 12.3 Å². The summed E-state index contributed by atoms with van der Waals surface area (Å²) < 4.78 is 11.4. The lowest BCUT2D eigenvalue weighted by molar-refractivity contribution is 0.308. The minimum atomic E-state index is -0.234. The zero-order chi connectivity index (χ0) is 10.8. The van der Waals surface area contributed by atoms with Crippen molar-refractivity contribution in [2.24, 2.45) is 0 Å². The normalized spacial score (nSPS) is 10.1. The van der Waals surface area contributed by atoms with E-state index in [2.05, 4.69) is 5.92 Å². The molecule has 0 saturated heterocycles. The second-order valence-corrected chi connectivity index (χ2v) is 3.00. The molecular weight excluding hydrogens is 194 g/mol. The fraction of sp³-hybridized carbons (Fsp3) is 0.182. The Hall–Kier alpha value is -2.15. The summed E-state index contributed by atoms with van der Waals surface area (Å²) in [5.74, 6) is 2.97. The van der Waals surface area contributed by atoms with Crippen molar-refractivity contribution >= 4 is 11.0 Å². The number of hydrogen-bond acceptors (Lipinski definition) is 3. The van der Waals surface area contributed by atoms with Gasteiger partial charge in [-0.05, 0) is 18.2 Å². The van der Waals surface area contributed by atoms with Crippen molar-refractivity contribution in [1.29, 1.82) is 0 Å². The Morgan fingerprint density at radius 3 is 3.07 bits per heavy atom. The molecular formula is C11H9NO3. The van der Waals surface area contributed by atoms with Gasteiger partial charge >= 0.3 is 0 Å². The minimum Gasteiger partial charge on any atom is -0.497 e. The van der Waals surface area contributed by atoms with Crippen LogP contribution in [0.2, 0.25) is 0 Å². The largest absolute Gasteiger partial charge is 0.497 e. The van der Waals surface area contributed by atoms with Crippen LogP contribution >= 0.6 is 0 Å². The van der Waals surface area contributed by atoms with Gasteiger partial charge in [-0.15, -0.1) is 6.42 Å². The van der Waals surface area contributed by atoms with E-state index in [-0.39, 0.29) is 12.1 Å². The highest BCUT2D eigenvalue weighted by molar-refractivity contribution is 5.77. The maximum absolute atomic E-state index is 11.7. The molecule has 0 unspecified atom stereocenters. The smallest absolute Gasteiger partial charge is 0.291 e. The molecule has 1 aromatic carbocycles. The van der Waals surface area contributed by atoms with E-state index in [4.69, 9.17) is 15.7 Å². The van der Waals surface area contributed by atoms with Gasteiger partial charge in [-0.2, -0.15) is 4.74 Å². The van der Waals surface area contributed by atoms with Crippen molar-refractivity contribution in [2.75, 3.05) is 7.11 Å². The maximum Gasteiger partial charge on any atom is 0.291 e. The van der Waals surface area contributed by atoms with Gasteiger partial charge < -0.3 is 9.26 Å². The molecule has 76 valence electrons. The number of fused-ring (bicyclic) bond motifs is 1. The van der Waals surface area contributed by atoms with Crippen molar-refractivity contribution in [3.05, 3.63) is 28.6 Å². The van der Waals surface area contributed by atoms with E-state index in [1.54, 1.807) is 25.3 Å². The van der Waals surface area contributed by atoms with E-state index in [0.29, 0.717) is 16.7 Å². The third kappa shape index (κ3) is 1.48. The van der Waals surface area contributed by atoms with Crippen molar-refractivity contribution in [3.63, 3.8) is 0 Å². The van der Waals surface area contributed by atoms with Crippen LogP contribution in [-0.2, 0) is 6.54 Å². The highest BCUT2D eigenvalue weighted by Crippen LogP contribution is 2.18. The molecule has 0 fully saturated rings. The van der Waals surface area contributed by atoms with Gasteiger partial charge in [-0.3, -0.25) is 4.79 Å². The number of methoxy groups -OCH3 is 1. The lowest BCUT2D eigenvalue weighted by Crippen LogP contribution is -2.13. The fourth-order valence-electron chi connectivity index (χ4n) is 1.36. The van der Waals surface area contributed by atoms with Crippen LogP contribution in [0.15, 0.2) is 27.5 Å². The molecule has 0 amide bonds. The average Bonchev–Trinajstić information content (AvgIpc) is 2.56. The molecule has 0 aliphatic rings. The molecule has 0 N–H and O–H groups in total. The molecule has 0 aliphatic carbocycles. The molecule has 15 heavy (non-hydrogen) atoms. The molecule has 1 heterocycles. The molecule has 0 aliphatic heterocycles. The topological polar surface area (TPSA) is 44.4 Å². The minimum absolute atomic E-state index is 0.135. The van der Waals surface area contributed by atoms with Crippen LogP contribution in [0.1, 0.15) is 0 Å². The van der Waals surface area contributed by atoms with Crippen molar-refractivity contribution < 1.29 is 9.26 Å². The number of benzene rings is 1. The monoisotopic (exact) mass is 203 g/mol. The summed E-state index contributed by atoms with van der Waals surface area (Å²) in [6.45, 7) is 0.135. The summed E-state index contributed by atoms with van der Waals surface area (Å²) in [5, 5.41) is 0.476. The number of hydrogen-bond donors (Lipinski definition) is 0. The molecule has 1 aromatic heterocycles. The predicted octanol–water partition coefficient (Wildman–Crippen LogP) is 1.24. The Balaban J connectivity index is 2.68. The van der Waals surface area contributed by atoms with Crippen LogP contribution in [0.25, 0.3) is 11.0 Å². The second-order valence-electron chi connectivity index (χ2n) is 3.00. The first kappa shape index (κ1) is 9.41. The van der Waals surface area contributed by atoms with Crippen molar-refractivity contribution in [3.8, 4) is 18.1 Å². The summed E-state index contributed by atoms with van der Waals surface area (Å²) in [7, 11) is 1.54. The summed E-state index contributed by atoms with van der Waals surface area (Å²) in [6, 6.07) is 5.04. The van der Waals surface area contributed by atoms with E-state index in [1.165, 1.54) is 0 Å². The van der Waals surface area contributed by atoms with E-state index < -0.39 is 0 Å². The molecule has 0 bridgehead atoms. The SMILES string of the molecule is C#CCn1oc2ccc(OC)cc2c1=O. The summed E-state index contributed by atoms with van der Waals surface area (Å²) >= 11 is 0. The van der Waals surface area contributed by atoms with E-state index in [1.807, 2.05) is 0 Å². The number of rotatable bonds is 2. The van der Waals surface area contributed by atoms with Gasteiger partial charge in [0, 0.05) is 0 Å². The third-order valence-corrected chi connectivity index (χ3v) is 2.09. The van der Waals surface area contributed by atoms with Gasteiger partial charge in [-0.25, -0.2) is 0 Å². The Labute approximate surface area is 86.0 Å². The maximum atomic E-state index is 11.7. The van der Waals surface area contributed by atoms with Crippen LogP contribution < -0.4 is 10.3 Å². The summed E-state index contributed by atoms with van der Waals surface area (Å²) in [6.07, 6.45) is 5.11. The number of terminal acetylenes is 1. The predicted molar refractivity (Wildman–Crippen MR) is 55.9 cm³/mol. The molecule has 2 rings (SSSR count). The Morgan fingerprint density at radius 2 is 2.40 bits per heavy atom. The van der Waals surface area contributed by atoms with Gasteiger partial charge in [0.25, 0.3) is 5.56 Å². The zero-order valence-corrected chi connectivity index (χ0v) is 8.19. The van der Waals surface area contributed by atoms with Crippen LogP contribution in [0.5, 0.6) is 5.75 Å². The van der Waals surface area contributed by atoms with Crippen LogP contribution in [0, 0.1) is 12.3 Å². The average molecular weight is 203 g/mol. The van der Waals surface area contributed by atoms with E-state index in [9.17, 15) is 4.79 Å². The van der Waals surface area contributed by atoms with Gasteiger partial charge in [-0.1, -0.05) is 5.92 Å². The highest BCUT2D eigenvalue weighted by atomic mass is 16.5. The Kier molecular flexibility index (Phi) is 2.22. The lowest BCUT2D eigenvalue weighted by atomic mass is 10.2. The highest BCUT2D eigenvalue weighted by Gasteiger charge is 2.08. The standard InChI is InChI=1S/C11H9NO3/c1-3-6-12-11(13)9-7-8(14-2)4-5-10(9)15-12/h1,4-5,7H,6H2,2H3. The lowest BCUT2D eigenvalue weighted by Gasteiger charge is -1.95. The second kappa shape index (κ2) is 3.54. The first-order valence-corrected chi connectivity index (χ1v) is 4.37. The zero-order valence-electron chi connectivity index (χ0n) is 8.19. The van der Waals surface area contributed by atoms with E-state index >= 15 is 0 Å². The summed E-state index contributed by atoms with van der Waals surface area (Å²) in [4.78, 5) is 11.7. The van der Waals surface area contributed by atoms with Gasteiger partial charge in [0.15, 0.2) is 5.58 Å². The fourth-order valence-corrected chi connectivity index (χ4v) is 1.36. The molecule has 0 radical (unpaired) electrons. The quantitative estimate of drug-likeness (QED) is 0.689. The Morgan fingerprint density at radius 1 is 1.60 bits per heavy atom. The number of aromatic nitrogens is 1. The molecule has 4 heteroatoms. The van der Waals surface area contributed by atoms with Gasteiger partial charge in [0.05, 0.1) is 12.5 Å². The third-order valence-electron chi connectivity index (χ3n) is 2.09. The molecule has 0 spiro atoms. The first-order valence-electron chi connectivity index (χ1n) is 4.37. The van der Waals surface area contributed by atoms with Gasteiger partial charge in [0.2, 0.25) is 0 Å².